The number of hydrogen-bond donors (Lipinski definition) is 1. The Balaban J connectivity index is 2.36. The average Bonchev–Trinajstić information content (AvgIpc) is 2.25. The van der Waals surface area contributed by atoms with Crippen LogP contribution in [0.1, 0.15) is 25.5 Å². The molecule has 1 heterocycles. The highest BCUT2D eigenvalue weighted by Crippen LogP contribution is 1.98. The van der Waals surface area contributed by atoms with Crippen LogP contribution in [0.2, 0.25) is 0 Å². The second-order valence-corrected chi connectivity index (χ2v) is 3.06. The van der Waals surface area contributed by atoms with Crippen molar-refractivity contribution in [3.63, 3.8) is 0 Å². The molecule has 0 aliphatic heterocycles. The summed E-state index contributed by atoms with van der Waals surface area (Å²) in [6, 6.07) is 6.18. The van der Waals surface area contributed by atoms with E-state index in [0.717, 1.165) is 12.1 Å². The molecule has 0 spiro atoms. The minimum Gasteiger partial charge on any atom is -0.307 e. The number of nitrogens with zero attached hydrogens (tertiary/aromatic N) is 3. The molecule has 1 rings (SSSR count). The molecule has 4 nitrogen and oxygen atoms in total. The topological polar surface area (TPSA) is 61.6 Å². The maximum Gasteiger partial charge on any atom is 0.0769 e. The van der Waals surface area contributed by atoms with E-state index in [-0.39, 0.29) is 6.04 Å². The first kappa shape index (κ1) is 10.6. The summed E-state index contributed by atoms with van der Waals surface area (Å²) in [5.41, 5.74) is 0.906. The molecule has 1 aromatic rings. The molecule has 74 valence electrons. The van der Waals surface area contributed by atoms with Crippen LogP contribution in [0.25, 0.3) is 0 Å². The Morgan fingerprint density at radius 3 is 3.07 bits per heavy atom. The third-order valence-electron chi connectivity index (χ3n) is 2.03. The van der Waals surface area contributed by atoms with Crippen LogP contribution in [0.5, 0.6) is 0 Å². The minimum atomic E-state index is 0.252. The highest BCUT2D eigenvalue weighted by Gasteiger charge is 2.04. The smallest absolute Gasteiger partial charge is 0.0769 e. The molecule has 1 aromatic heterocycles. The van der Waals surface area contributed by atoms with Gasteiger partial charge in [-0.1, -0.05) is 6.92 Å². The van der Waals surface area contributed by atoms with E-state index < -0.39 is 0 Å². The molecule has 1 atom stereocenters. The zero-order chi connectivity index (χ0) is 10.2. The second-order valence-electron chi connectivity index (χ2n) is 3.06. The summed E-state index contributed by atoms with van der Waals surface area (Å²) in [4.78, 5) is 0. The summed E-state index contributed by atoms with van der Waals surface area (Å²) in [7, 11) is 0. The molecule has 0 radical (unpaired) electrons. The van der Waals surface area contributed by atoms with E-state index in [0.29, 0.717) is 13.0 Å². The summed E-state index contributed by atoms with van der Waals surface area (Å²) >= 11 is 0. The van der Waals surface area contributed by atoms with Crippen molar-refractivity contribution in [2.24, 2.45) is 0 Å². The van der Waals surface area contributed by atoms with E-state index in [4.69, 9.17) is 5.26 Å². The van der Waals surface area contributed by atoms with E-state index >= 15 is 0 Å². The number of hydrogen-bond acceptors (Lipinski definition) is 4. The van der Waals surface area contributed by atoms with Crippen molar-refractivity contribution in [2.45, 2.75) is 32.4 Å². The predicted molar refractivity (Wildman–Crippen MR) is 53.2 cm³/mol. The lowest BCUT2D eigenvalue weighted by atomic mass is 10.1. The Labute approximate surface area is 84.0 Å². The van der Waals surface area contributed by atoms with Gasteiger partial charge in [0.2, 0.25) is 0 Å². The molecule has 0 amide bonds. The average molecular weight is 190 g/mol. The third kappa shape index (κ3) is 3.50. The normalized spacial score (nSPS) is 12.0. The fourth-order valence-corrected chi connectivity index (χ4v) is 1.15. The molecule has 0 aromatic carbocycles. The molecule has 14 heavy (non-hydrogen) atoms. The van der Waals surface area contributed by atoms with Crippen LogP contribution in [-0.2, 0) is 6.54 Å². The lowest BCUT2D eigenvalue weighted by molar-refractivity contribution is 0.499. The van der Waals surface area contributed by atoms with Crippen molar-refractivity contribution in [2.75, 3.05) is 0 Å². The van der Waals surface area contributed by atoms with Gasteiger partial charge in [0, 0.05) is 18.8 Å². The van der Waals surface area contributed by atoms with Gasteiger partial charge in [-0.05, 0) is 18.6 Å². The van der Waals surface area contributed by atoms with Gasteiger partial charge in [0.05, 0.1) is 18.2 Å². The number of aromatic nitrogens is 2. The van der Waals surface area contributed by atoms with Crippen molar-refractivity contribution < 1.29 is 0 Å². The van der Waals surface area contributed by atoms with Gasteiger partial charge in [0.25, 0.3) is 0 Å². The number of nitriles is 1. The number of rotatable bonds is 5. The van der Waals surface area contributed by atoms with Gasteiger partial charge in [0.1, 0.15) is 0 Å². The SMILES string of the molecule is CCC(CC#N)NCc1cccnn1. The molecule has 0 bridgehead atoms. The first-order valence-electron chi connectivity index (χ1n) is 4.73. The van der Waals surface area contributed by atoms with Crippen LogP contribution in [0, 0.1) is 11.3 Å². The molecular formula is C10H14N4. The van der Waals surface area contributed by atoms with Crippen LogP contribution in [-0.4, -0.2) is 16.2 Å². The first-order chi connectivity index (χ1) is 6.86. The first-order valence-corrected chi connectivity index (χ1v) is 4.73. The summed E-state index contributed by atoms with van der Waals surface area (Å²) in [6.45, 7) is 2.74. The van der Waals surface area contributed by atoms with Gasteiger partial charge in [-0.15, -0.1) is 0 Å². The van der Waals surface area contributed by atoms with Crippen molar-refractivity contribution in [3.8, 4) is 6.07 Å². The van der Waals surface area contributed by atoms with E-state index in [1.807, 2.05) is 12.1 Å². The van der Waals surface area contributed by atoms with E-state index in [1.54, 1.807) is 6.20 Å². The zero-order valence-corrected chi connectivity index (χ0v) is 8.27. The highest BCUT2D eigenvalue weighted by molar-refractivity contribution is 4.98. The van der Waals surface area contributed by atoms with E-state index in [2.05, 4.69) is 28.5 Å². The van der Waals surface area contributed by atoms with E-state index in [9.17, 15) is 0 Å². The quantitative estimate of drug-likeness (QED) is 0.759. The monoisotopic (exact) mass is 190 g/mol. The van der Waals surface area contributed by atoms with Crippen LogP contribution in [0.4, 0.5) is 0 Å². The van der Waals surface area contributed by atoms with Crippen molar-refractivity contribution >= 4 is 0 Å². The molecule has 1 unspecified atom stereocenters. The van der Waals surface area contributed by atoms with Crippen molar-refractivity contribution in [1.82, 2.24) is 15.5 Å². The summed E-state index contributed by atoms with van der Waals surface area (Å²) in [6.07, 6.45) is 3.14. The lowest BCUT2D eigenvalue weighted by Crippen LogP contribution is -2.27. The van der Waals surface area contributed by atoms with Gasteiger partial charge in [0.15, 0.2) is 0 Å². The van der Waals surface area contributed by atoms with Gasteiger partial charge in [-0.2, -0.15) is 15.5 Å². The molecule has 0 aliphatic rings. The molecule has 4 heteroatoms. The Kier molecular flexibility index (Phi) is 4.59. The lowest BCUT2D eigenvalue weighted by Gasteiger charge is -2.12. The van der Waals surface area contributed by atoms with Crippen molar-refractivity contribution in [1.29, 1.82) is 5.26 Å². The highest BCUT2D eigenvalue weighted by atomic mass is 15.1. The molecular weight excluding hydrogens is 176 g/mol. The maximum absolute atomic E-state index is 8.55. The van der Waals surface area contributed by atoms with E-state index in [1.165, 1.54) is 0 Å². The Hall–Kier alpha value is -1.47. The summed E-state index contributed by atoms with van der Waals surface area (Å²) in [5, 5.41) is 19.5. The standard InChI is InChI=1S/C10H14N4/c1-2-9(5-6-11)12-8-10-4-3-7-13-14-10/h3-4,7,9,12H,2,5,8H2,1H3. The molecule has 0 aliphatic carbocycles. The molecule has 1 N–H and O–H groups in total. The second kappa shape index (κ2) is 6.06. The Morgan fingerprint density at radius 1 is 1.64 bits per heavy atom. The molecule has 0 saturated carbocycles. The maximum atomic E-state index is 8.55. The fourth-order valence-electron chi connectivity index (χ4n) is 1.15. The largest absolute Gasteiger partial charge is 0.307 e. The molecule has 0 saturated heterocycles. The molecule has 0 fully saturated rings. The zero-order valence-electron chi connectivity index (χ0n) is 8.27. The van der Waals surface area contributed by atoms with Gasteiger partial charge >= 0.3 is 0 Å². The minimum absolute atomic E-state index is 0.252. The van der Waals surface area contributed by atoms with Gasteiger partial charge in [-0.3, -0.25) is 0 Å². The van der Waals surface area contributed by atoms with Crippen LogP contribution in [0.15, 0.2) is 18.3 Å². The van der Waals surface area contributed by atoms with Crippen LogP contribution < -0.4 is 5.32 Å². The summed E-state index contributed by atoms with van der Waals surface area (Å²) < 4.78 is 0. The van der Waals surface area contributed by atoms with Crippen molar-refractivity contribution in [3.05, 3.63) is 24.0 Å². The van der Waals surface area contributed by atoms with Gasteiger partial charge in [-0.25, -0.2) is 0 Å². The van der Waals surface area contributed by atoms with Gasteiger partial charge < -0.3 is 5.32 Å². The Bertz CT molecular complexity index is 291. The predicted octanol–water partition coefficient (Wildman–Crippen LogP) is 1.26. The number of nitrogens with one attached hydrogen (secondary N) is 1. The summed E-state index contributed by atoms with van der Waals surface area (Å²) in [5.74, 6) is 0. The fraction of sp³-hybridized carbons (Fsp3) is 0.500. The van der Waals surface area contributed by atoms with Crippen LogP contribution in [0.3, 0.4) is 0 Å². The third-order valence-corrected chi connectivity index (χ3v) is 2.03. The Morgan fingerprint density at radius 2 is 2.50 bits per heavy atom. The van der Waals surface area contributed by atoms with Crippen LogP contribution >= 0.6 is 0 Å².